The minimum atomic E-state index is 1.03. The number of nitrogens with one attached hydrogen (secondary N) is 1. The molecule has 0 unspecified atom stereocenters. The van der Waals surface area contributed by atoms with Crippen LogP contribution in [0.3, 0.4) is 0 Å². The van der Waals surface area contributed by atoms with E-state index in [0.29, 0.717) is 0 Å². The van der Waals surface area contributed by atoms with Crippen LogP contribution in [0, 0.1) is 0 Å². The van der Waals surface area contributed by atoms with E-state index < -0.39 is 0 Å². The molecule has 2 aliphatic heterocycles. The molecule has 3 nitrogen and oxygen atoms in total. The first-order valence-electron chi connectivity index (χ1n) is 7.59. The molecule has 0 bridgehead atoms. The summed E-state index contributed by atoms with van der Waals surface area (Å²) in [4.78, 5) is 5.04. The van der Waals surface area contributed by atoms with Gasteiger partial charge < -0.3 is 15.1 Å². The van der Waals surface area contributed by atoms with Crippen LogP contribution in [-0.4, -0.2) is 44.7 Å². The molecule has 0 radical (unpaired) electrons. The second-order valence-electron chi connectivity index (χ2n) is 5.81. The molecule has 1 aromatic rings. The smallest absolute Gasteiger partial charge is 0.0400 e. The van der Waals surface area contributed by atoms with Crippen molar-refractivity contribution >= 4 is 5.69 Å². The zero-order chi connectivity index (χ0) is 13.1. The van der Waals surface area contributed by atoms with Gasteiger partial charge in [-0.05, 0) is 56.1 Å². The summed E-state index contributed by atoms with van der Waals surface area (Å²) in [6.45, 7) is 7.09. The first kappa shape index (κ1) is 12.9. The second kappa shape index (κ2) is 5.93. The third-order valence-electron chi connectivity index (χ3n) is 4.48. The predicted molar refractivity (Wildman–Crippen MR) is 80.8 cm³/mol. The summed E-state index contributed by atoms with van der Waals surface area (Å²) >= 11 is 0. The summed E-state index contributed by atoms with van der Waals surface area (Å²) < 4.78 is 0. The summed E-state index contributed by atoms with van der Waals surface area (Å²) in [6, 6.07) is 6.75. The van der Waals surface area contributed by atoms with Crippen molar-refractivity contribution in [2.45, 2.75) is 25.8 Å². The maximum atomic E-state index is 3.46. The van der Waals surface area contributed by atoms with Gasteiger partial charge in [0.05, 0.1) is 0 Å². The third-order valence-corrected chi connectivity index (χ3v) is 4.48. The molecule has 0 amide bonds. The van der Waals surface area contributed by atoms with Crippen LogP contribution in [0.1, 0.15) is 24.0 Å². The Bertz CT molecular complexity index is 424. The van der Waals surface area contributed by atoms with E-state index in [2.05, 4.69) is 40.4 Å². The van der Waals surface area contributed by atoms with Crippen LogP contribution in [0.15, 0.2) is 18.2 Å². The van der Waals surface area contributed by atoms with Crippen molar-refractivity contribution in [3.05, 3.63) is 29.3 Å². The maximum Gasteiger partial charge on any atom is 0.0400 e. The molecule has 1 N–H and O–H groups in total. The van der Waals surface area contributed by atoms with Gasteiger partial charge in [0.25, 0.3) is 0 Å². The fraction of sp³-hybridized carbons (Fsp3) is 0.625. The normalized spacial score (nSPS) is 19.4. The van der Waals surface area contributed by atoms with E-state index >= 15 is 0 Å². The number of hydrogen-bond donors (Lipinski definition) is 1. The number of rotatable bonds is 4. The Labute approximate surface area is 116 Å². The van der Waals surface area contributed by atoms with Crippen LogP contribution >= 0.6 is 0 Å². The lowest BCUT2D eigenvalue weighted by Crippen LogP contribution is -2.33. The van der Waals surface area contributed by atoms with Crippen molar-refractivity contribution in [3.8, 4) is 0 Å². The van der Waals surface area contributed by atoms with E-state index in [1.807, 2.05) is 0 Å². The molecule has 0 saturated carbocycles. The lowest BCUT2D eigenvalue weighted by atomic mass is 9.98. The van der Waals surface area contributed by atoms with Gasteiger partial charge in [-0.3, -0.25) is 0 Å². The molecule has 0 aromatic heterocycles. The van der Waals surface area contributed by atoms with Gasteiger partial charge in [-0.25, -0.2) is 0 Å². The first-order chi connectivity index (χ1) is 9.34. The fourth-order valence-electron chi connectivity index (χ4n) is 3.29. The van der Waals surface area contributed by atoms with Gasteiger partial charge in [-0.2, -0.15) is 0 Å². The lowest BCUT2D eigenvalue weighted by molar-refractivity contribution is 0.346. The highest BCUT2D eigenvalue weighted by Crippen LogP contribution is 2.25. The predicted octanol–water partition coefficient (Wildman–Crippen LogP) is 1.86. The van der Waals surface area contributed by atoms with Crippen LogP contribution in [0.4, 0.5) is 5.69 Å². The highest BCUT2D eigenvalue weighted by molar-refractivity contribution is 5.57. The third kappa shape index (κ3) is 2.93. The molecule has 2 heterocycles. The monoisotopic (exact) mass is 259 g/mol. The van der Waals surface area contributed by atoms with E-state index in [4.69, 9.17) is 0 Å². The largest absolute Gasteiger partial charge is 0.373 e. The van der Waals surface area contributed by atoms with Crippen LogP contribution in [-0.2, 0) is 13.0 Å². The number of anilines is 1. The topological polar surface area (TPSA) is 18.5 Å². The Morgan fingerprint density at radius 1 is 1.26 bits per heavy atom. The molecule has 19 heavy (non-hydrogen) atoms. The van der Waals surface area contributed by atoms with Crippen molar-refractivity contribution < 1.29 is 0 Å². The summed E-state index contributed by atoms with van der Waals surface area (Å²) in [5.74, 6) is 0. The minimum Gasteiger partial charge on any atom is -0.373 e. The van der Waals surface area contributed by atoms with Gasteiger partial charge in [0, 0.05) is 32.4 Å². The molecule has 1 saturated heterocycles. The molecule has 3 heteroatoms. The van der Waals surface area contributed by atoms with E-state index in [-0.39, 0.29) is 0 Å². The van der Waals surface area contributed by atoms with E-state index in [0.717, 1.165) is 19.6 Å². The van der Waals surface area contributed by atoms with E-state index in [1.54, 1.807) is 5.56 Å². The standard InChI is InChI=1S/C16H25N3/c1-18(11-12-19-9-2-3-10-19)16-6-4-5-14-13-17-8-7-15(14)16/h4-6,17H,2-3,7-13H2,1H3. The molecule has 1 aromatic carbocycles. The van der Waals surface area contributed by atoms with Crippen LogP contribution < -0.4 is 10.2 Å². The molecular weight excluding hydrogens is 234 g/mol. The molecule has 0 spiro atoms. The van der Waals surface area contributed by atoms with Gasteiger partial charge in [0.1, 0.15) is 0 Å². The Kier molecular flexibility index (Phi) is 4.04. The van der Waals surface area contributed by atoms with Crippen molar-refractivity contribution in [2.75, 3.05) is 44.7 Å². The molecule has 1 fully saturated rings. The van der Waals surface area contributed by atoms with Gasteiger partial charge in [-0.15, -0.1) is 0 Å². The maximum absolute atomic E-state index is 3.46. The summed E-state index contributed by atoms with van der Waals surface area (Å²) in [6.07, 6.45) is 3.94. The zero-order valence-electron chi connectivity index (χ0n) is 12.0. The molecule has 0 atom stereocenters. The van der Waals surface area contributed by atoms with Crippen molar-refractivity contribution in [3.63, 3.8) is 0 Å². The second-order valence-corrected chi connectivity index (χ2v) is 5.81. The van der Waals surface area contributed by atoms with E-state index in [1.165, 1.54) is 50.1 Å². The molecule has 2 aliphatic rings. The van der Waals surface area contributed by atoms with Crippen LogP contribution in [0.5, 0.6) is 0 Å². The van der Waals surface area contributed by atoms with Gasteiger partial charge in [0.2, 0.25) is 0 Å². The summed E-state index contributed by atoms with van der Waals surface area (Å²) in [5, 5.41) is 3.46. The number of nitrogens with zero attached hydrogens (tertiary/aromatic N) is 2. The van der Waals surface area contributed by atoms with Crippen LogP contribution in [0.25, 0.3) is 0 Å². The Morgan fingerprint density at radius 3 is 2.95 bits per heavy atom. The fourth-order valence-corrected chi connectivity index (χ4v) is 3.29. The zero-order valence-corrected chi connectivity index (χ0v) is 12.0. The van der Waals surface area contributed by atoms with Gasteiger partial charge in [-0.1, -0.05) is 12.1 Å². The number of fused-ring (bicyclic) bond motifs is 1. The minimum absolute atomic E-state index is 1.03. The number of hydrogen-bond acceptors (Lipinski definition) is 3. The van der Waals surface area contributed by atoms with E-state index in [9.17, 15) is 0 Å². The number of benzene rings is 1. The number of likely N-dealkylation sites (N-methyl/N-ethyl adjacent to an activating group) is 1. The quantitative estimate of drug-likeness (QED) is 0.890. The molecule has 0 aliphatic carbocycles. The average molecular weight is 259 g/mol. The van der Waals surface area contributed by atoms with Gasteiger partial charge >= 0.3 is 0 Å². The summed E-state index contributed by atoms with van der Waals surface area (Å²) in [5.41, 5.74) is 4.49. The highest BCUT2D eigenvalue weighted by Gasteiger charge is 2.16. The molecule has 3 rings (SSSR count). The Hall–Kier alpha value is -1.06. The average Bonchev–Trinajstić information content (AvgIpc) is 2.97. The summed E-state index contributed by atoms with van der Waals surface area (Å²) in [7, 11) is 2.24. The Balaban J connectivity index is 1.67. The SMILES string of the molecule is CN(CCN1CCCC1)c1cccc2c1CCNC2. The van der Waals surface area contributed by atoms with Gasteiger partial charge in [0.15, 0.2) is 0 Å². The number of likely N-dealkylation sites (tertiary alicyclic amines) is 1. The Morgan fingerprint density at radius 2 is 2.11 bits per heavy atom. The molecule has 104 valence electrons. The van der Waals surface area contributed by atoms with Crippen molar-refractivity contribution in [1.82, 2.24) is 10.2 Å². The first-order valence-corrected chi connectivity index (χ1v) is 7.59. The lowest BCUT2D eigenvalue weighted by Gasteiger charge is -2.28. The molecular formula is C16H25N3. The van der Waals surface area contributed by atoms with Crippen molar-refractivity contribution in [2.24, 2.45) is 0 Å². The van der Waals surface area contributed by atoms with Crippen molar-refractivity contribution in [1.29, 1.82) is 0 Å². The highest BCUT2D eigenvalue weighted by atomic mass is 15.2. The van der Waals surface area contributed by atoms with Crippen LogP contribution in [0.2, 0.25) is 0 Å².